The second-order valence-corrected chi connectivity index (χ2v) is 7.62. The van der Waals surface area contributed by atoms with Crippen molar-refractivity contribution >= 4 is 15.6 Å². The van der Waals surface area contributed by atoms with Crippen LogP contribution in [0.25, 0.3) is 0 Å². The zero-order valence-electron chi connectivity index (χ0n) is 11.8. The number of nitrogens with zero attached hydrogens (tertiary/aromatic N) is 1. The molecule has 2 rings (SSSR count). The Balaban J connectivity index is 2.01. The first-order valence-corrected chi connectivity index (χ1v) is 9.39. The molecule has 1 fully saturated rings. The molecule has 24 heavy (non-hydrogen) atoms. The van der Waals surface area contributed by atoms with E-state index in [4.69, 9.17) is 19.4 Å². The Kier molecular flexibility index (Phi) is 5.60. The van der Waals surface area contributed by atoms with E-state index in [2.05, 4.69) is 8.83 Å². The Bertz CT molecular complexity index is 797. The van der Waals surface area contributed by atoms with Gasteiger partial charge in [-0.15, -0.1) is 0 Å². The Morgan fingerprint density at radius 1 is 1.33 bits per heavy atom. The fourth-order valence-electron chi connectivity index (χ4n) is 2.02. The summed E-state index contributed by atoms with van der Waals surface area (Å²) in [6.07, 6.45) is -2.29. The number of phosphoric ester groups is 1. The number of H-pyrrole nitrogens is 1. The normalized spacial score (nSPS) is 27.1. The third-order valence-corrected chi connectivity index (χ3v) is 5.13. The molecule has 1 aliphatic heterocycles. The van der Waals surface area contributed by atoms with Crippen LogP contribution in [0.2, 0.25) is 0 Å². The van der Waals surface area contributed by atoms with E-state index in [9.17, 15) is 23.8 Å². The fraction of sp³-hybridized carbons (Fsp3) is 0.556. The largest absolute Gasteiger partial charge is 0.481 e. The number of hydrogen-bond acceptors (Lipinski definition) is 8. The third-order valence-electron chi connectivity index (χ3n) is 2.98. The zero-order valence-corrected chi connectivity index (χ0v) is 13.6. The van der Waals surface area contributed by atoms with E-state index < -0.39 is 51.9 Å². The summed E-state index contributed by atoms with van der Waals surface area (Å²) in [5, 5.41) is 9.84. The van der Waals surface area contributed by atoms with Gasteiger partial charge in [0.1, 0.15) is 12.3 Å². The SMILES string of the molecule is O=c1cc[15n]([C@H]2C[C@H](O)[C@@H](COP(=O)(O)OP(=O)(O)O)O2)[13c](=O)[15nH]1. The van der Waals surface area contributed by atoms with Gasteiger partial charge in [0.25, 0.3) is 5.56 Å². The summed E-state index contributed by atoms with van der Waals surface area (Å²) in [5.41, 5.74) is -1.40. The molecule has 136 valence electrons. The summed E-state index contributed by atoms with van der Waals surface area (Å²) >= 11 is 0. The molecule has 0 amide bonds. The average molecular weight is 391 g/mol. The molecule has 15 heteroatoms. The van der Waals surface area contributed by atoms with Crippen LogP contribution < -0.4 is 11.2 Å². The summed E-state index contributed by atoms with van der Waals surface area (Å²) in [7, 11) is -10.3. The Labute approximate surface area is 133 Å². The van der Waals surface area contributed by atoms with Crippen LogP contribution in [-0.4, -0.2) is 48.2 Å². The molecule has 1 saturated heterocycles. The first-order valence-electron chi connectivity index (χ1n) is 6.36. The number of ether oxygens (including phenoxy) is 1. The number of phosphoric acid groups is 2. The minimum absolute atomic E-state index is 0.0882. The van der Waals surface area contributed by atoms with Gasteiger partial charge in [-0.3, -0.25) is 18.9 Å². The highest BCUT2D eigenvalue weighted by molar-refractivity contribution is 7.60. The van der Waals surface area contributed by atoms with E-state index >= 15 is 0 Å². The summed E-state index contributed by atoms with van der Waals surface area (Å²) in [5.74, 6) is 0. The standard InChI is InChI=1S/C9H14N2O11P2/c12-5-3-8(11-2-1-7(13)10-9(11)14)21-6(5)4-20-24(18,19)22-23(15,16)17/h1-2,5-6,8,12H,3-4H2,(H,18,19)(H,10,13,14)(H2,15,16,17)/t5-,6+,8+/m0/s1/i9+1,10+1,11+1. The minimum atomic E-state index is -5.26. The molecule has 0 spiro atoms. The van der Waals surface area contributed by atoms with Gasteiger partial charge >= 0.3 is 21.3 Å². The van der Waals surface area contributed by atoms with E-state index in [-0.39, 0.29) is 6.42 Å². The fourth-order valence-corrected chi connectivity index (χ4v) is 3.61. The lowest BCUT2D eigenvalue weighted by atomic mass is 10.2. The van der Waals surface area contributed by atoms with Crippen LogP contribution in [0.4, 0.5) is 0 Å². The monoisotopic (exact) mass is 391 g/mol. The number of aromatic amines is 1. The number of hydrogen-bond donors (Lipinski definition) is 5. The molecule has 4 atom stereocenters. The first-order chi connectivity index (χ1) is 11.0. The molecule has 1 aromatic rings. The van der Waals surface area contributed by atoms with E-state index in [1.807, 2.05) is 4.98 Å². The highest BCUT2D eigenvalue weighted by Crippen LogP contribution is 2.57. The molecular formula is C9H14N2O11P2. The van der Waals surface area contributed by atoms with Gasteiger partial charge in [0.05, 0.1) is 12.7 Å². The molecule has 2 heterocycles. The molecule has 1 aromatic heterocycles. The predicted octanol–water partition coefficient (Wildman–Crippen LogP) is -1.59. The predicted molar refractivity (Wildman–Crippen MR) is 74.8 cm³/mol. The summed E-state index contributed by atoms with van der Waals surface area (Å²) < 4.78 is 36.1. The average Bonchev–Trinajstić information content (AvgIpc) is 2.75. The van der Waals surface area contributed by atoms with Crippen molar-refractivity contribution in [1.29, 1.82) is 0 Å². The molecule has 0 aromatic carbocycles. The number of aromatic nitrogens is 2. The molecule has 5 N–H and O–H groups in total. The topological polar surface area (TPSA) is 198 Å². The van der Waals surface area contributed by atoms with Crippen molar-refractivity contribution < 1.29 is 42.5 Å². The maximum atomic E-state index is 11.6. The Hall–Kier alpha value is -1.14. The van der Waals surface area contributed by atoms with Crippen molar-refractivity contribution in [2.24, 2.45) is 0 Å². The highest BCUT2D eigenvalue weighted by atomic mass is 31.3. The minimum Gasteiger partial charge on any atom is -0.390 e. The van der Waals surface area contributed by atoms with Gasteiger partial charge < -0.3 is 24.5 Å². The highest BCUT2D eigenvalue weighted by Gasteiger charge is 2.39. The van der Waals surface area contributed by atoms with Gasteiger partial charge in [-0.2, -0.15) is 4.31 Å². The molecule has 0 saturated carbocycles. The van der Waals surface area contributed by atoms with Crippen LogP contribution in [0.15, 0.2) is 21.9 Å². The molecule has 0 radical (unpaired) electrons. The van der Waals surface area contributed by atoms with E-state index in [0.29, 0.717) is 0 Å². The Morgan fingerprint density at radius 2 is 2.00 bits per heavy atom. The van der Waals surface area contributed by atoms with Crippen LogP contribution in [0.1, 0.15) is 12.6 Å². The smallest absolute Gasteiger partial charge is 0.390 e. The van der Waals surface area contributed by atoms with E-state index in [1.54, 1.807) is 0 Å². The first kappa shape index (κ1) is 19.2. The summed E-state index contributed by atoms with van der Waals surface area (Å²) in [6.45, 7) is -0.733. The number of aliphatic hydroxyl groups excluding tert-OH is 1. The van der Waals surface area contributed by atoms with Crippen molar-refractivity contribution in [2.45, 2.75) is 24.9 Å². The molecule has 1 aliphatic rings. The van der Waals surface area contributed by atoms with Crippen LogP contribution >= 0.6 is 15.6 Å². The quantitative estimate of drug-likeness (QED) is 0.350. The lowest BCUT2D eigenvalue weighted by molar-refractivity contribution is -0.0450. The Morgan fingerprint density at radius 3 is 2.58 bits per heavy atom. The van der Waals surface area contributed by atoms with Crippen molar-refractivity contribution in [3.63, 3.8) is 0 Å². The van der Waals surface area contributed by atoms with Crippen LogP contribution in [0.3, 0.4) is 0 Å². The van der Waals surface area contributed by atoms with E-state index in [0.717, 1.165) is 16.8 Å². The van der Waals surface area contributed by atoms with Gasteiger partial charge in [-0.1, -0.05) is 0 Å². The van der Waals surface area contributed by atoms with Crippen molar-refractivity contribution in [3.8, 4) is 0 Å². The van der Waals surface area contributed by atoms with Crippen molar-refractivity contribution in [2.75, 3.05) is 6.61 Å². The summed E-state index contributed by atoms with van der Waals surface area (Å²) in [4.78, 5) is 50.7. The van der Waals surface area contributed by atoms with Gasteiger partial charge in [-0.05, 0) is 0 Å². The maximum absolute atomic E-state index is 11.6. The third kappa shape index (κ3) is 5.18. The second kappa shape index (κ2) is 7.00. The molecule has 0 aliphatic carbocycles. The molecule has 13 nitrogen and oxygen atoms in total. The second-order valence-electron chi connectivity index (χ2n) is 4.79. The number of rotatable bonds is 6. The van der Waals surface area contributed by atoms with Crippen LogP contribution in [0.5, 0.6) is 0 Å². The molecule has 1 unspecified atom stereocenters. The molecule has 0 bridgehead atoms. The van der Waals surface area contributed by atoms with Crippen molar-refractivity contribution in [1.82, 2.24) is 9.55 Å². The van der Waals surface area contributed by atoms with Gasteiger partial charge in [0, 0.05) is 18.7 Å². The van der Waals surface area contributed by atoms with Crippen LogP contribution in [-0.2, 0) is 22.7 Å². The maximum Gasteiger partial charge on any atom is 0.481 e. The van der Waals surface area contributed by atoms with Gasteiger partial charge in [0.2, 0.25) is 0 Å². The zero-order chi connectivity index (χ0) is 18.1. The molecular weight excluding hydrogens is 377 g/mol. The van der Waals surface area contributed by atoms with Gasteiger partial charge in [0.15, 0.2) is 0 Å². The summed E-state index contributed by atoms with van der Waals surface area (Å²) in [6, 6.07) is 1.07. The van der Waals surface area contributed by atoms with Crippen LogP contribution in [0, 0.1) is 0 Å². The lowest BCUT2D eigenvalue weighted by Crippen LogP contribution is -2.31. The van der Waals surface area contributed by atoms with Gasteiger partial charge in [-0.25, -0.2) is 13.9 Å². The number of nitrogens with one attached hydrogen (secondary N) is 1. The van der Waals surface area contributed by atoms with Crippen molar-refractivity contribution in [3.05, 3.63) is 33.1 Å². The lowest BCUT2D eigenvalue weighted by Gasteiger charge is -2.18. The van der Waals surface area contributed by atoms with E-state index in [1.165, 1.54) is 0 Å². The number of aliphatic hydroxyl groups is 1.